The zero-order chi connectivity index (χ0) is 14.8. The Balaban J connectivity index is 1.88. The van der Waals surface area contributed by atoms with Crippen LogP contribution in [0.25, 0.3) is 0 Å². The number of nitrogens with two attached hydrogens (primary N) is 1. The number of anilines is 1. The molecule has 0 radical (unpaired) electrons. The molecule has 1 heterocycles. The number of likely N-dealkylation sites (tertiary alicyclic amines) is 1. The van der Waals surface area contributed by atoms with Crippen molar-refractivity contribution in [1.82, 2.24) is 4.90 Å². The van der Waals surface area contributed by atoms with Crippen LogP contribution in [0.1, 0.15) is 24.5 Å². The van der Waals surface area contributed by atoms with Gasteiger partial charge in [-0.25, -0.2) is 0 Å². The lowest BCUT2D eigenvalue weighted by Gasteiger charge is -2.34. The van der Waals surface area contributed by atoms with Gasteiger partial charge in [-0.1, -0.05) is 18.2 Å². The first-order chi connectivity index (χ1) is 9.38. The molecular formula is C14H19F3N2O. The average molecular weight is 288 g/mol. The first-order valence-corrected chi connectivity index (χ1v) is 6.69. The van der Waals surface area contributed by atoms with E-state index >= 15 is 0 Å². The molecule has 1 aromatic rings. The molecule has 20 heavy (non-hydrogen) atoms. The highest BCUT2D eigenvalue weighted by molar-refractivity contribution is 5.47. The van der Waals surface area contributed by atoms with Crippen LogP contribution in [-0.2, 0) is 0 Å². The first-order valence-electron chi connectivity index (χ1n) is 6.69. The van der Waals surface area contributed by atoms with Crippen molar-refractivity contribution in [2.24, 2.45) is 5.92 Å². The number of halogens is 3. The molecule has 0 bridgehead atoms. The van der Waals surface area contributed by atoms with Crippen molar-refractivity contribution >= 4 is 5.69 Å². The lowest BCUT2D eigenvalue weighted by atomic mass is 9.95. The molecule has 1 saturated heterocycles. The van der Waals surface area contributed by atoms with Gasteiger partial charge in [0.05, 0.1) is 12.0 Å². The van der Waals surface area contributed by atoms with Gasteiger partial charge in [-0.05, 0) is 32.0 Å². The van der Waals surface area contributed by atoms with Crippen molar-refractivity contribution in [2.45, 2.75) is 25.1 Å². The van der Waals surface area contributed by atoms with Crippen LogP contribution < -0.4 is 5.73 Å². The minimum atomic E-state index is -4.10. The van der Waals surface area contributed by atoms with Gasteiger partial charge in [-0.2, -0.15) is 13.2 Å². The molecule has 1 aliphatic rings. The fourth-order valence-electron chi connectivity index (χ4n) is 2.60. The Morgan fingerprint density at radius 3 is 2.40 bits per heavy atom. The van der Waals surface area contributed by atoms with Gasteiger partial charge in [0, 0.05) is 17.8 Å². The molecule has 0 aromatic heterocycles. The fraction of sp³-hybridized carbons (Fsp3) is 0.571. The highest BCUT2D eigenvalue weighted by Gasteiger charge is 2.41. The highest BCUT2D eigenvalue weighted by atomic mass is 19.4. The average Bonchev–Trinajstić information content (AvgIpc) is 2.38. The number of nitrogens with zero attached hydrogens (tertiary/aromatic N) is 1. The molecule has 6 heteroatoms. The van der Waals surface area contributed by atoms with Crippen LogP contribution in [0.2, 0.25) is 0 Å². The zero-order valence-electron chi connectivity index (χ0n) is 11.1. The molecule has 1 atom stereocenters. The Labute approximate surface area is 116 Å². The SMILES string of the molecule is Nc1ccccc1C(O)CN1CCC(C(F)(F)F)CC1. The van der Waals surface area contributed by atoms with Crippen molar-refractivity contribution in [1.29, 1.82) is 0 Å². The van der Waals surface area contributed by atoms with E-state index in [4.69, 9.17) is 5.73 Å². The minimum Gasteiger partial charge on any atom is -0.398 e. The Morgan fingerprint density at radius 1 is 1.25 bits per heavy atom. The smallest absolute Gasteiger partial charge is 0.391 e. The summed E-state index contributed by atoms with van der Waals surface area (Å²) in [6.45, 7) is 1.03. The first kappa shape index (κ1) is 15.1. The topological polar surface area (TPSA) is 49.5 Å². The van der Waals surface area contributed by atoms with Crippen LogP contribution >= 0.6 is 0 Å². The standard InChI is InChI=1S/C14H19F3N2O/c15-14(16,17)10-5-7-19(8-6-10)9-13(20)11-3-1-2-4-12(11)18/h1-4,10,13,20H,5-9,18H2. The van der Waals surface area contributed by atoms with E-state index in [0.717, 1.165) is 0 Å². The second kappa shape index (κ2) is 6.01. The van der Waals surface area contributed by atoms with Gasteiger partial charge in [0.25, 0.3) is 0 Å². The van der Waals surface area contributed by atoms with Gasteiger partial charge in [0.2, 0.25) is 0 Å². The van der Waals surface area contributed by atoms with Crippen molar-refractivity contribution in [3.05, 3.63) is 29.8 Å². The van der Waals surface area contributed by atoms with Gasteiger partial charge in [-0.3, -0.25) is 0 Å². The van der Waals surface area contributed by atoms with Crippen LogP contribution in [0.15, 0.2) is 24.3 Å². The number of benzene rings is 1. The maximum Gasteiger partial charge on any atom is 0.391 e. The molecule has 0 spiro atoms. The normalized spacial score (nSPS) is 20.0. The number of rotatable bonds is 3. The molecular weight excluding hydrogens is 269 g/mol. The van der Waals surface area contributed by atoms with Gasteiger partial charge in [0.1, 0.15) is 0 Å². The Hall–Kier alpha value is -1.27. The molecule has 112 valence electrons. The molecule has 1 aromatic carbocycles. The Bertz CT molecular complexity index is 442. The van der Waals surface area contributed by atoms with Gasteiger partial charge >= 0.3 is 6.18 Å². The third kappa shape index (κ3) is 3.64. The van der Waals surface area contributed by atoms with Crippen LogP contribution in [0.4, 0.5) is 18.9 Å². The minimum absolute atomic E-state index is 0.0977. The van der Waals surface area contributed by atoms with E-state index < -0.39 is 18.2 Å². The van der Waals surface area contributed by atoms with Gasteiger partial charge < -0.3 is 15.7 Å². The molecule has 2 rings (SSSR count). The quantitative estimate of drug-likeness (QED) is 0.841. The number of nitrogen functional groups attached to an aromatic ring is 1. The summed E-state index contributed by atoms with van der Waals surface area (Å²) in [4.78, 5) is 1.86. The second-order valence-electron chi connectivity index (χ2n) is 5.26. The van der Waals surface area contributed by atoms with E-state index in [1.807, 2.05) is 4.90 Å². The van der Waals surface area contributed by atoms with E-state index in [9.17, 15) is 18.3 Å². The third-order valence-electron chi connectivity index (χ3n) is 3.84. The number of β-amino-alcohol motifs (C(OH)–C–C–N with tert-alkyl or cyclic N) is 1. The fourth-order valence-corrected chi connectivity index (χ4v) is 2.60. The summed E-state index contributed by atoms with van der Waals surface area (Å²) < 4.78 is 37.7. The Morgan fingerprint density at radius 2 is 1.85 bits per heavy atom. The summed E-state index contributed by atoms with van der Waals surface area (Å²) in [6, 6.07) is 7.00. The maximum absolute atomic E-state index is 12.6. The highest BCUT2D eigenvalue weighted by Crippen LogP contribution is 2.34. The number of piperidine rings is 1. The molecule has 0 amide bonds. The summed E-state index contributed by atoms with van der Waals surface area (Å²) in [5, 5.41) is 10.1. The van der Waals surface area contributed by atoms with Crippen LogP contribution in [0.5, 0.6) is 0 Å². The summed E-state index contributed by atoms with van der Waals surface area (Å²) in [6.07, 6.45) is -4.67. The van der Waals surface area contributed by atoms with Crippen LogP contribution in [-0.4, -0.2) is 35.8 Å². The lowest BCUT2D eigenvalue weighted by molar-refractivity contribution is -0.185. The number of para-hydroxylation sites is 1. The molecule has 1 unspecified atom stereocenters. The number of aliphatic hydroxyl groups is 1. The predicted molar refractivity (Wildman–Crippen MR) is 71.0 cm³/mol. The number of hydrogen-bond donors (Lipinski definition) is 2. The largest absolute Gasteiger partial charge is 0.398 e. The predicted octanol–water partition coefficient (Wildman–Crippen LogP) is 2.58. The van der Waals surface area contributed by atoms with E-state index in [2.05, 4.69) is 0 Å². The molecule has 1 fully saturated rings. The van der Waals surface area contributed by atoms with Crippen molar-refractivity contribution < 1.29 is 18.3 Å². The summed E-state index contributed by atoms with van der Waals surface area (Å²) in [5.74, 6) is -1.21. The maximum atomic E-state index is 12.6. The zero-order valence-corrected chi connectivity index (χ0v) is 11.1. The summed E-state index contributed by atoms with van der Waals surface area (Å²) in [7, 11) is 0. The molecule has 0 saturated carbocycles. The molecule has 1 aliphatic heterocycles. The second-order valence-corrected chi connectivity index (χ2v) is 5.26. The van der Waals surface area contributed by atoms with E-state index in [1.54, 1.807) is 24.3 Å². The van der Waals surface area contributed by atoms with Crippen molar-refractivity contribution in [3.63, 3.8) is 0 Å². The van der Waals surface area contributed by atoms with E-state index in [1.165, 1.54) is 0 Å². The molecule has 0 aliphatic carbocycles. The van der Waals surface area contributed by atoms with Gasteiger partial charge in [-0.15, -0.1) is 0 Å². The van der Waals surface area contributed by atoms with Gasteiger partial charge in [0.15, 0.2) is 0 Å². The lowest BCUT2D eigenvalue weighted by Crippen LogP contribution is -2.40. The summed E-state index contributed by atoms with van der Waals surface area (Å²) in [5.41, 5.74) is 6.91. The van der Waals surface area contributed by atoms with Crippen LogP contribution in [0, 0.1) is 5.92 Å². The Kier molecular flexibility index (Phi) is 4.55. The molecule has 3 N–H and O–H groups in total. The van der Waals surface area contributed by atoms with Crippen molar-refractivity contribution in [2.75, 3.05) is 25.4 Å². The molecule has 3 nitrogen and oxygen atoms in total. The van der Waals surface area contributed by atoms with E-state index in [-0.39, 0.29) is 12.8 Å². The monoisotopic (exact) mass is 288 g/mol. The summed E-state index contributed by atoms with van der Waals surface area (Å²) >= 11 is 0. The van der Waals surface area contributed by atoms with E-state index in [0.29, 0.717) is 30.9 Å². The van der Waals surface area contributed by atoms with Crippen molar-refractivity contribution in [3.8, 4) is 0 Å². The third-order valence-corrected chi connectivity index (χ3v) is 3.84. The number of aliphatic hydroxyl groups excluding tert-OH is 1. The number of hydrogen-bond acceptors (Lipinski definition) is 3. The number of alkyl halides is 3. The van der Waals surface area contributed by atoms with Crippen LogP contribution in [0.3, 0.4) is 0 Å².